The molecule has 4 aromatic rings. The quantitative estimate of drug-likeness (QED) is 0.0916. The molecule has 2 bridgehead atoms. The number of rotatable bonds is 14. The SMILES string of the molecule is C=C(N[C@H](C(=O)N1CCC[C@H]1C(=O)Nc1cccc(-c2ccc(-c3ccc(-c4cnc([C@@H]5CCCN5C(=O)[C@@H](NC(=O)OC)C(C)C)[nH]4)cc3)c3c2C2CCC3CC2)c1)C(C)C)OC. The van der Waals surface area contributed by atoms with E-state index in [2.05, 4.69) is 76.0 Å². The summed E-state index contributed by atoms with van der Waals surface area (Å²) >= 11 is 0. The lowest BCUT2D eigenvalue weighted by Gasteiger charge is -2.41. The van der Waals surface area contributed by atoms with Gasteiger partial charge in [0.15, 0.2) is 5.88 Å². The number of hydrogen-bond acceptors (Lipinski definition) is 8. The molecule has 0 spiro atoms. The predicted molar refractivity (Wildman–Crippen MR) is 248 cm³/mol. The second-order valence-electron chi connectivity index (χ2n) is 18.6. The van der Waals surface area contributed by atoms with E-state index in [1.165, 1.54) is 67.7 Å². The number of carbonyl (C=O) groups excluding carboxylic acids is 4. The largest absolute Gasteiger partial charge is 0.483 e. The standard InChI is InChI=1S/C51H63N7O6/c1-29(2)45(53-31(5)63-6)49(60)58-26-10-14-42(58)48(59)54-37-12-8-11-36(27-37)39-24-23-38(43-34-19-21-35(22-20-34)44(39)43)32-15-17-33(18-16-32)40-28-52-47(55-40)41-13-9-25-57(41)50(61)46(30(3)4)56-51(62)64-7/h8,11-12,15-18,23-24,27-30,34-35,41-42,45-46,53H,5,9-10,13-14,19-22,25-26H2,1-4,6-7H3,(H,52,55)(H,54,59)(H,56,62)/t34?,35?,41-,42-,45-,46-/m0/s1. The molecule has 13 heteroatoms. The van der Waals surface area contributed by atoms with E-state index in [1.807, 2.05) is 50.9 Å². The van der Waals surface area contributed by atoms with E-state index in [-0.39, 0.29) is 35.6 Å². The number of hydrogen-bond donors (Lipinski definition) is 4. The number of ether oxygens (including phenoxy) is 2. The Balaban J connectivity index is 1.01. The van der Waals surface area contributed by atoms with Crippen molar-refractivity contribution in [1.29, 1.82) is 0 Å². The summed E-state index contributed by atoms with van der Waals surface area (Å²) in [6, 6.07) is 19.3. The number of H-pyrrole nitrogens is 1. The van der Waals surface area contributed by atoms with Crippen molar-refractivity contribution in [2.75, 3.05) is 32.6 Å². The zero-order valence-corrected chi connectivity index (χ0v) is 38.0. The number of nitrogens with one attached hydrogen (secondary N) is 4. The number of carbonyl (C=O) groups is 4. The van der Waals surface area contributed by atoms with Gasteiger partial charge < -0.3 is 40.2 Å². The summed E-state index contributed by atoms with van der Waals surface area (Å²) in [7, 11) is 2.81. The zero-order chi connectivity index (χ0) is 45.2. The number of alkyl carbamates (subject to hydrolysis) is 1. The Bertz CT molecular complexity index is 2380. The molecule has 4 N–H and O–H groups in total. The van der Waals surface area contributed by atoms with E-state index < -0.39 is 24.2 Å². The maximum atomic E-state index is 13.9. The molecule has 338 valence electrons. The Hall–Kier alpha value is -6.11. The Morgan fingerprint density at radius 1 is 0.719 bits per heavy atom. The van der Waals surface area contributed by atoms with Crippen molar-refractivity contribution in [2.24, 2.45) is 11.8 Å². The maximum absolute atomic E-state index is 13.9. The third-order valence-electron chi connectivity index (χ3n) is 14.0. The van der Waals surface area contributed by atoms with Crippen LogP contribution in [-0.2, 0) is 23.9 Å². The average Bonchev–Trinajstić information content (AvgIpc) is 4.12. The molecule has 3 aromatic carbocycles. The van der Waals surface area contributed by atoms with Gasteiger partial charge in [0.25, 0.3) is 0 Å². The van der Waals surface area contributed by atoms with Crippen LogP contribution in [0, 0.1) is 11.8 Å². The lowest BCUT2D eigenvalue weighted by molar-refractivity contribution is -0.139. The highest BCUT2D eigenvalue weighted by atomic mass is 16.5. The fraction of sp³-hybridized carbons (Fsp3) is 0.471. The molecule has 64 heavy (non-hydrogen) atoms. The molecule has 3 aliphatic carbocycles. The van der Waals surface area contributed by atoms with Gasteiger partial charge in [-0.15, -0.1) is 0 Å². The van der Waals surface area contributed by atoms with E-state index in [0.29, 0.717) is 42.9 Å². The number of amides is 4. The van der Waals surface area contributed by atoms with Gasteiger partial charge in [0.1, 0.15) is 23.9 Å². The van der Waals surface area contributed by atoms with Crippen LogP contribution >= 0.6 is 0 Å². The van der Waals surface area contributed by atoms with Gasteiger partial charge in [0, 0.05) is 18.8 Å². The number of anilines is 1. The Morgan fingerprint density at radius 2 is 1.31 bits per heavy atom. The second-order valence-corrected chi connectivity index (χ2v) is 18.6. The second kappa shape index (κ2) is 18.9. The van der Waals surface area contributed by atoms with E-state index in [0.717, 1.165) is 41.9 Å². The molecule has 5 aliphatic rings. The minimum Gasteiger partial charge on any atom is -0.483 e. The van der Waals surface area contributed by atoms with Crippen molar-refractivity contribution in [3.8, 4) is 33.5 Å². The topological polar surface area (TPSA) is 158 Å². The maximum Gasteiger partial charge on any atom is 0.407 e. The van der Waals surface area contributed by atoms with Crippen LogP contribution in [-0.4, -0.2) is 89.0 Å². The lowest BCUT2D eigenvalue weighted by Crippen LogP contribution is -2.53. The number of imidazole rings is 1. The van der Waals surface area contributed by atoms with Gasteiger partial charge in [0.2, 0.25) is 17.7 Å². The van der Waals surface area contributed by atoms with Crippen molar-refractivity contribution in [3.63, 3.8) is 0 Å². The molecule has 2 aliphatic heterocycles. The van der Waals surface area contributed by atoms with Crippen LogP contribution in [0.3, 0.4) is 0 Å². The third kappa shape index (κ3) is 8.86. The van der Waals surface area contributed by atoms with Crippen molar-refractivity contribution < 1.29 is 28.7 Å². The summed E-state index contributed by atoms with van der Waals surface area (Å²) in [6.45, 7) is 12.7. The van der Waals surface area contributed by atoms with Gasteiger partial charge >= 0.3 is 6.09 Å². The third-order valence-corrected chi connectivity index (χ3v) is 14.0. The normalized spacial score (nSPS) is 21.1. The number of nitrogens with zero attached hydrogens (tertiary/aromatic N) is 3. The molecule has 1 aromatic heterocycles. The smallest absolute Gasteiger partial charge is 0.407 e. The number of aromatic nitrogens is 2. The summed E-state index contributed by atoms with van der Waals surface area (Å²) in [4.78, 5) is 65.2. The van der Waals surface area contributed by atoms with Crippen molar-refractivity contribution in [2.45, 2.75) is 115 Å². The fourth-order valence-electron chi connectivity index (χ4n) is 10.6. The first kappa shape index (κ1) is 44.5. The number of methoxy groups -OCH3 is 2. The van der Waals surface area contributed by atoms with Crippen LogP contribution in [0.1, 0.15) is 114 Å². The van der Waals surface area contributed by atoms with E-state index in [1.54, 1.807) is 4.90 Å². The summed E-state index contributed by atoms with van der Waals surface area (Å²) in [5.41, 5.74) is 10.2. The number of fused-ring (bicyclic) bond motifs is 2. The molecule has 13 nitrogen and oxygen atoms in total. The van der Waals surface area contributed by atoms with Crippen molar-refractivity contribution in [1.82, 2.24) is 30.4 Å². The Labute approximate surface area is 376 Å². The number of benzene rings is 3. The first-order valence-corrected chi connectivity index (χ1v) is 23.0. The first-order chi connectivity index (χ1) is 30.9. The molecule has 0 unspecified atom stereocenters. The molecule has 0 radical (unpaired) electrons. The molecule has 3 fully saturated rings. The minimum atomic E-state index is -0.689. The molecule has 2 saturated heterocycles. The highest BCUT2D eigenvalue weighted by Crippen LogP contribution is 2.55. The molecule has 1 saturated carbocycles. The summed E-state index contributed by atoms with van der Waals surface area (Å²) < 4.78 is 10.0. The van der Waals surface area contributed by atoms with Crippen molar-refractivity contribution in [3.05, 3.63) is 96.3 Å². The molecule has 3 heterocycles. The van der Waals surface area contributed by atoms with Crippen LogP contribution in [0.4, 0.5) is 10.5 Å². The minimum absolute atomic E-state index is 0.0265. The molecule has 9 rings (SSSR count). The fourth-order valence-corrected chi connectivity index (χ4v) is 10.6. The number of aromatic amines is 1. The highest BCUT2D eigenvalue weighted by Gasteiger charge is 2.40. The highest BCUT2D eigenvalue weighted by molar-refractivity contribution is 5.99. The van der Waals surface area contributed by atoms with Gasteiger partial charge in [-0.2, -0.15) is 0 Å². The number of likely N-dealkylation sites (tertiary alicyclic amines) is 2. The van der Waals surface area contributed by atoms with Crippen LogP contribution in [0.2, 0.25) is 0 Å². The summed E-state index contributed by atoms with van der Waals surface area (Å²) in [5, 5.41) is 8.99. The summed E-state index contributed by atoms with van der Waals surface area (Å²) in [6.07, 6.45) is 8.93. The lowest BCUT2D eigenvalue weighted by atomic mass is 9.63. The van der Waals surface area contributed by atoms with Gasteiger partial charge in [-0.25, -0.2) is 9.78 Å². The van der Waals surface area contributed by atoms with Gasteiger partial charge in [0.05, 0.1) is 32.2 Å². The van der Waals surface area contributed by atoms with Crippen molar-refractivity contribution >= 4 is 29.5 Å². The molecule has 4 atom stereocenters. The van der Waals surface area contributed by atoms with Gasteiger partial charge in [-0.1, -0.05) is 76.2 Å². The van der Waals surface area contributed by atoms with Crippen LogP contribution < -0.4 is 16.0 Å². The van der Waals surface area contributed by atoms with Gasteiger partial charge in [-0.05, 0) is 133 Å². The Kier molecular flexibility index (Phi) is 13.2. The Morgan fingerprint density at radius 3 is 1.95 bits per heavy atom. The van der Waals surface area contributed by atoms with E-state index in [9.17, 15) is 19.2 Å². The van der Waals surface area contributed by atoms with E-state index in [4.69, 9.17) is 14.5 Å². The predicted octanol–water partition coefficient (Wildman–Crippen LogP) is 8.87. The average molecular weight is 870 g/mol. The molecule has 4 amide bonds. The molecular formula is C51H63N7O6. The van der Waals surface area contributed by atoms with E-state index >= 15 is 0 Å². The zero-order valence-electron chi connectivity index (χ0n) is 38.0. The molecular weight excluding hydrogens is 807 g/mol. The van der Waals surface area contributed by atoms with Gasteiger partial charge in [-0.3, -0.25) is 14.4 Å². The van der Waals surface area contributed by atoms with Crippen LogP contribution in [0.5, 0.6) is 0 Å². The monoisotopic (exact) mass is 869 g/mol. The van der Waals surface area contributed by atoms with Crippen LogP contribution in [0.15, 0.2) is 79.3 Å². The first-order valence-electron chi connectivity index (χ1n) is 23.0. The summed E-state index contributed by atoms with van der Waals surface area (Å²) in [5.74, 6) is 1.45. The van der Waals surface area contributed by atoms with Crippen LogP contribution in [0.25, 0.3) is 33.5 Å².